The molecule has 1 aliphatic rings. The number of nitrogens with one attached hydrogen (secondary N) is 2. The van der Waals surface area contributed by atoms with Gasteiger partial charge in [-0.2, -0.15) is 18.3 Å². The average molecular weight is 464 g/mol. The summed E-state index contributed by atoms with van der Waals surface area (Å²) in [6.07, 6.45) is -4.49. The Morgan fingerprint density at radius 2 is 1.73 bits per heavy atom. The van der Waals surface area contributed by atoms with Crippen LogP contribution in [0.5, 0.6) is 0 Å². The largest absolute Gasteiger partial charge is 0.416 e. The second-order valence-corrected chi connectivity index (χ2v) is 8.45. The van der Waals surface area contributed by atoms with Crippen LogP contribution in [0.2, 0.25) is 0 Å². The molecule has 5 rings (SSSR count). The van der Waals surface area contributed by atoms with Gasteiger partial charge in [0.15, 0.2) is 17.5 Å². The summed E-state index contributed by atoms with van der Waals surface area (Å²) < 4.78 is 69.3. The fraction of sp³-hybridized carbons (Fsp3) is 0.364. The molecule has 2 aromatic carbocycles. The minimum atomic E-state index is -4.49. The quantitative estimate of drug-likeness (QED) is 0.422. The molecule has 11 heteroatoms. The Bertz CT molecular complexity index is 1330. The molecule has 0 atom stereocenters. The van der Waals surface area contributed by atoms with Crippen molar-refractivity contribution in [1.29, 1.82) is 0 Å². The molecule has 0 saturated carbocycles. The first-order chi connectivity index (χ1) is 15.6. The molecular weight excluding hydrogens is 443 g/mol. The molecule has 1 saturated heterocycles. The molecule has 0 amide bonds. The van der Waals surface area contributed by atoms with Crippen molar-refractivity contribution in [2.45, 2.75) is 26.1 Å². The number of imidazole rings is 1. The van der Waals surface area contributed by atoms with Gasteiger partial charge < -0.3 is 9.88 Å². The molecule has 1 fully saturated rings. The van der Waals surface area contributed by atoms with E-state index < -0.39 is 23.4 Å². The van der Waals surface area contributed by atoms with E-state index in [-0.39, 0.29) is 33.8 Å². The lowest BCUT2D eigenvalue weighted by Crippen LogP contribution is -2.49. The fourth-order valence-electron chi connectivity index (χ4n) is 4.31. The second-order valence-electron chi connectivity index (χ2n) is 8.45. The summed E-state index contributed by atoms with van der Waals surface area (Å²) in [6.45, 7) is 6.52. The van der Waals surface area contributed by atoms with Crippen molar-refractivity contribution < 1.29 is 22.0 Å². The van der Waals surface area contributed by atoms with Crippen LogP contribution in [0.3, 0.4) is 0 Å². The Labute approximate surface area is 185 Å². The van der Waals surface area contributed by atoms with Crippen molar-refractivity contribution in [1.82, 2.24) is 25.1 Å². The highest BCUT2D eigenvalue weighted by Crippen LogP contribution is 2.35. The number of benzene rings is 2. The molecule has 4 aromatic rings. The van der Waals surface area contributed by atoms with E-state index >= 15 is 4.39 Å². The van der Waals surface area contributed by atoms with Gasteiger partial charge in [0.25, 0.3) is 0 Å². The molecule has 0 unspecified atom stereocenters. The van der Waals surface area contributed by atoms with E-state index in [2.05, 4.69) is 38.9 Å². The van der Waals surface area contributed by atoms with Crippen molar-refractivity contribution in [2.24, 2.45) is 0 Å². The summed E-state index contributed by atoms with van der Waals surface area (Å²) >= 11 is 0. The summed E-state index contributed by atoms with van der Waals surface area (Å²) in [7, 11) is 0. The summed E-state index contributed by atoms with van der Waals surface area (Å²) in [4.78, 5) is 11.0. The van der Waals surface area contributed by atoms with E-state index in [9.17, 15) is 17.6 Å². The number of hydrogen-bond donors (Lipinski definition) is 2. The van der Waals surface area contributed by atoms with Crippen LogP contribution >= 0.6 is 0 Å². The van der Waals surface area contributed by atoms with Gasteiger partial charge in [-0.05, 0) is 32.0 Å². The maximum Gasteiger partial charge on any atom is 0.416 e. The Morgan fingerprint density at radius 3 is 2.39 bits per heavy atom. The summed E-state index contributed by atoms with van der Waals surface area (Å²) in [5.74, 6) is -1.34. The zero-order chi connectivity index (χ0) is 23.5. The van der Waals surface area contributed by atoms with Crippen LogP contribution in [0.25, 0.3) is 33.5 Å². The van der Waals surface area contributed by atoms with Gasteiger partial charge in [0.05, 0.1) is 16.6 Å². The monoisotopic (exact) mass is 464 g/mol. The van der Waals surface area contributed by atoms with Gasteiger partial charge in [-0.1, -0.05) is 0 Å². The van der Waals surface area contributed by atoms with Crippen molar-refractivity contribution in [3.63, 3.8) is 0 Å². The molecule has 1 aliphatic heterocycles. The number of nitrogens with zero attached hydrogens (tertiary/aromatic N) is 4. The maximum absolute atomic E-state index is 15.4. The van der Waals surface area contributed by atoms with Crippen LogP contribution < -0.4 is 4.90 Å². The van der Waals surface area contributed by atoms with Gasteiger partial charge in [0.1, 0.15) is 16.9 Å². The zero-order valence-corrected chi connectivity index (χ0v) is 17.9. The van der Waals surface area contributed by atoms with E-state index in [0.717, 1.165) is 12.1 Å². The van der Waals surface area contributed by atoms with Crippen LogP contribution in [-0.4, -0.2) is 57.3 Å². The summed E-state index contributed by atoms with van der Waals surface area (Å²) in [6, 6.07) is 4.72. The number of aromatic nitrogens is 4. The highest BCUT2D eigenvalue weighted by atomic mass is 19.4. The molecule has 2 aromatic heterocycles. The molecular formula is C22H21F5N6. The third-order valence-corrected chi connectivity index (χ3v) is 6.12. The van der Waals surface area contributed by atoms with E-state index in [0.29, 0.717) is 37.6 Å². The van der Waals surface area contributed by atoms with Gasteiger partial charge in [-0.3, -0.25) is 10.00 Å². The third kappa shape index (κ3) is 3.69. The van der Waals surface area contributed by atoms with E-state index in [1.807, 2.05) is 0 Å². The number of aromatic amines is 2. The minimum Gasteiger partial charge on any atom is -0.364 e. The standard InChI is InChI=1S/C22H21F5N6/c1-11(2)32-5-7-33(8-6-32)20-14(23)10-16-19(17(20)24)29-21(28-16)18-13-4-3-12(22(25,26)27)9-15(13)30-31-18/h3-4,9-11H,5-8H2,1-2H3,(H,28,29)(H,30,31). The lowest BCUT2D eigenvalue weighted by Gasteiger charge is -2.38. The van der Waals surface area contributed by atoms with Gasteiger partial charge in [-0.25, -0.2) is 13.8 Å². The molecule has 3 heterocycles. The highest BCUT2D eigenvalue weighted by Gasteiger charge is 2.31. The molecule has 6 nitrogen and oxygen atoms in total. The third-order valence-electron chi connectivity index (χ3n) is 6.12. The predicted molar refractivity (Wildman–Crippen MR) is 115 cm³/mol. The van der Waals surface area contributed by atoms with Crippen LogP contribution in [0.1, 0.15) is 19.4 Å². The fourth-order valence-corrected chi connectivity index (χ4v) is 4.31. The molecule has 2 N–H and O–H groups in total. The summed E-state index contributed by atoms with van der Waals surface area (Å²) in [5.41, 5.74) is -0.448. The van der Waals surface area contributed by atoms with E-state index in [1.165, 1.54) is 12.1 Å². The van der Waals surface area contributed by atoms with Gasteiger partial charge in [0.2, 0.25) is 0 Å². The van der Waals surface area contributed by atoms with Crippen molar-refractivity contribution >= 4 is 27.6 Å². The molecule has 174 valence electrons. The molecule has 0 bridgehead atoms. The molecule has 33 heavy (non-hydrogen) atoms. The zero-order valence-electron chi connectivity index (χ0n) is 17.9. The normalized spacial score (nSPS) is 15.9. The lowest BCUT2D eigenvalue weighted by atomic mass is 10.1. The van der Waals surface area contributed by atoms with Crippen LogP contribution in [0.4, 0.5) is 27.6 Å². The van der Waals surface area contributed by atoms with E-state index in [4.69, 9.17) is 0 Å². The Kier molecular flexibility index (Phi) is 5.04. The van der Waals surface area contributed by atoms with Gasteiger partial charge in [0, 0.05) is 43.7 Å². The van der Waals surface area contributed by atoms with Crippen LogP contribution in [0.15, 0.2) is 24.3 Å². The Hall–Kier alpha value is -3.21. The first kappa shape index (κ1) is 21.6. The smallest absolute Gasteiger partial charge is 0.364 e. The second kappa shape index (κ2) is 7.68. The Morgan fingerprint density at radius 1 is 1.00 bits per heavy atom. The molecule has 0 radical (unpaired) electrons. The number of H-pyrrole nitrogens is 2. The van der Waals surface area contributed by atoms with Crippen LogP contribution in [-0.2, 0) is 6.18 Å². The number of fused-ring (bicyclic) bond motifs is 2. The number of rotatable bonds is 3. The first-order valence-corrected chi connectivity index (χ1v) is 10.6. The number of alkyl halides is 3. The van der Waals surface area contributed by atoms with Crippen molar-refractivity contribution in [2.75, 3.05) is 31.1 Å². The molecule has 0 aliphatic carbocycles. The van der Waals surface area contributed by atoms with E-state index in [1.54, 1.807) is 4.90 Å². The van der Waals surface area contributed by atoms with Crippen molar-refractivity contribution in [3.8, 4) is 11.5 Å². The summed E-state index contributed by atoms with van der Waals surface area (Å²) in [5, 5.41) is 6.99. The van der Waals surface area contributed by atoms with Crippen LogP contribution in [0, 0.1) is 11.6 Å². The SMILES string of the molecule is CC(C)N1CCN(c2c(F)cc3[nH]c(-c4n[nH]c5cc(C(F)(F)F)ccc45)nc3c2F)CC1. The number of hydrogen-bond acceptors (Lipinski definition) is 4. The average Bonchev–Trinajstić information content (AvgIpc) is 3.37. The number of piperazine rings is 1. The number of halogens is 5. The lowest BCUT2D eigenvalue weighted by molar-refractivity contribution is -0.137. The predicted octanol–water partition coefficient (Wildman–Crippen LogP) is 4.93. The first-order valence-electron chi connectivity index (χ1n) is 10.6. The van der Waals surface area contributed by atoms with Crippen molar-refractivity contribution in [3.05, 3.63) is 41.5 Å². The highest BCUT2D eigenvalue weighted by molar-refractivity contribution is 5.94. The number of anilines is 1. The Balaban J connectivity index is 1.53. The topological polar surface area (TPSA) is 63.8 Å². The minimum absolute atomic E-state index is 0.0456. The van der Waals surface area contributed by atoms with Gasteiger partial charge >= 0.3 is 6.18 Å². The van der Waals surface area contributed by atoms with Gasteiger partial charge in [-0.15, -0.1) is 0 Å². The molecule has 0 spiro atoms. The maximum atomic E-state index is 15.4.